The second kappa shape index (κ2) is 7.23. The number of anilines is 2. The summed E-state index contributed by atoms with van der Waals surface area (Å²) in [6, 6.07) is 14.3. The van der Waals surface area contributed by atoms with Gasteiger partial charge in [-0.05, 0) is 62.4 Å². The zero-order valence-corrected chi connectivity index (χ0v) is 16.1. The fourth-order valence-corrected chi connectivity index (χ4v) is 4.28. The van der Waals surface area contributed by atoms with Gasteiger partial charge in [0.05, 0.1) is 17.5 Å². The third kappa shape index (κ3) is 3.33. The lowest BCUT2D eigenvalue weighted by Gasteiger charge is -2.25. The van der Waals surface area contributed by atoms with Crippen LogP contribution in [-0.2, 0) is 9.59 Å². The number of carbonyl (C=O) groups excluding carboxylic acids is 3. The van der Waals surface area contributed by atoms with Crippen LogP contribution in [0.25, 0.3) is 0 Å². The summed E-state index contributed by atoms with van der Waals surface area (Å²) in [5.74, 6) is -0.374. The van der Waals surface area contributed by atoms with Crippen LogP contribution < -0.4 is 10.2 Å². The molecule has 3 atom stereocenters. The van der Waals surface area contributed by atoms with Crippen molar-refractivity contribution in [1.29, 1.82) is 0 Å². The van der Waals surface area contributed by atoms with Crippen LogP contribution in [-0.4, -0.2) is 17.7 Å². The molecule has 5 heteroatoms. The quantitative estimate of drug-likeness (QED) is 0.818. The Labute approximate surface area is 164 Å². The Morgan fingerprint density at radius 1 is 1.00 bits per heavy atom. The highest BCUT2D eigenvalue weighted by Crippen LogP contribution is 2.42. The molecular weight excluding hydrogens is 352 g/mol. The maximum Gasteiger partial charge on any atom is 0.255 e. The Kier molecular flexibility index (Phi) is 4.75. The molecule has 2 aliphatic rings. The molecular formula is C23H24N2O3. The zero-order valence-electron chi connectivity index (χ0n) is 16.1. The minimum Gasteiger partial charge on any atom is -0.322 e. The molecule has 1 aliphatic heterocycles. The van der Waals surface area contributed by atoms with Gasteiger partial charge >= 0.3 is 0 Å². The minimum atomic E-state index is -0.223. The van der Waals surface area contributed by atoms with E-state index in [0.29, 0.717) is 22.9 Å². The molecule has 2 fully saturated rings. The number of nitrogens with one attached hydrogen (secondary N) is 1. The van der Waals surface area contributed by atoms with Crippen LogP contribution in [0.5, 0.6) is 0 Å². The molecule has 1 saturated heterocycles. The van der Waals surface area contributed by atoms with Crippen LogP contribution in [0.3, 0.4) is 0 Å². The topological polar surface area (TPSA) is 66.5 Å². The lowest BCUT2D eigenvalue weighted by Crippen LogP contribution is -2.31. The van der Waals surface area contributed by atoms with Gasteiger partial charge in [-0.15, -0.1) is 0 Å². The monoisotopic (exact) mass is 376 g/mol. The number of hydrogen-bond acceptors (Lipinski definition) is 3. The summed E-state index contributed by atoms with van der Waals surface area (Å²) in [6.45, 7) is 4.10. The molecule has 2 aromatic rings. The highest BCUT2D eigenvalue weighted by atomic mass is 16.2. The van der Waals surface area contributed by atoms with E-state index in [1.54, 1.807) is 36.4 Å². The number of imide groups is 1. The van der Waals surface area contributed by atoms with Crippen molar-refractivity contribution in [3.05, 3.63) is 59.7 Å². The summed E-state index contributed by atoms with van der Waals surface area (Å²) in [6.07, 6.45) is 2.53. The van der Waals surface area contributed by atoms with Crippen LogP contribution in [0.1, 0.15) is 42.1 Å². The Balaban J connectivity index is 1.55. The molecule has 0 radical (unpaired) electrons. The van der Waals surface area contributed by atoms with E-state index in [1.807, 2.05) is 19.1 Å². The molecule has 28 heavy (non-hydrogen) atoms. The van der Waals surface area contributed by atoms with Gasteiger partial charge in [-0.2, -0.15) is 0 Å². The van der Waals surface area contributed by atoms with E-state index in [2.05, 4.69) is 12.2 Å². The van der Waals surface area contributed by atoms with Crippen LogP contribution in [0.2, 0.25) is 0 Å². The summed E-state index contributed by atoms with van der Waals surface area (Å²) in [5, 5.41) is 2.85. The van der Waals surface area contributed by atoms with E-state index in [-0.39, 0.29) is 29.6 Å². The van der Waals surface area contributed by atoms with E-state index in [1.165, 1.54) is 4.90 Å². The van der Waals surface area contributed by atoms with Crippen molar-refractivity contribution in [3.63, 3.8) is 0 Å². The third-order valence-electron chi connectivity index (χ3n) is 5.86. The number of aryl methyl sites for hydroxylation is 1. The average molecular weight is 376 g/mol. The Hall–Kier alpha value is -2.95. The van der Waals surface area contributed by atoms with Crippen molar-refractivity contribution in [2.45, 2.75) is 33.1 Å². The summed E-state index contributed by atoms with van der Waals surface area (Å²) in [5.41, 5.74) is 2.73. The van der Waals surface area contributed by atoms with E-state index in [4.69, 9.17) is 0 Å². The third-order valence-corrected chi connectivity index (χ3v) is 5.86. The lowest BCUT2D eigenvalue weighted by molar-refractivity contribution is -0.122. The standard InChI is InChI=1S/C23H24N2O3/c1-14-6-9-16(10-7-14)21(26)24-17-4-3-5-18(13-17)25-22(27)19-11-8-15(2)12-20(19)23(25)28/h3-7,9-10,13,15,19-20H,8,11-12H2,1-2H3,(H,24,26)/t15-,19-,20-/m1/s1. The Morgan fingerprint density at radius 3 is 2.46 bits per heavy atom. The first-order chi connectivity index (χ1) is 13.4. The SMILES string of the molecule is Cc1ccc(C(=O)Nc2cccc(N3C(=O)[C@@H]4CC[C@@H](C)C[C@H]4C3=O)c2)cc1. The predicted octanol–water partition coefficient (Wildman–Crippen LogP) is 4.17. The Morgan fingerprint density at radius 2 is 1.71 bits per heavy atom. The van der Waals surface area contributed by atoms with Crippen molar-refractivity contribution in [3.8, 4) is 0 Å². The summed E-state index contributed by atoms with van der Waals surface area (Å²) in [4.78, 5) is 39.5. The molecule has 2 aromatic carbocycles. The van der Waals surface area contributed by atoms with Gasteiger partial charge in [-0.1, -0.05) is 30.7 Å². The molecule has 3 amide bonds. The molecule has 1 heterocycles. The smallest absolute Gasteiger partial charge is 0.255 e. The number of hydrogen-bond donors (Lipinski definition) is 1. The second-order valence-electron chi connectivity index (χ2n) is 8.01. The molecule has 144 valence electrons. The van der Waals surface area contributed by atoms with E-state index < -0.39 is 0 Å². The minimum absolute atomic E-state index is 0.107. The number of rotatable bonds is 3. The fourth-order valence-electron chi connectivity index (χ4n) is 4.28. The van der Waals surface area contributed by atoms with Crippen LogP contribution in [0.4, 0.5) is 11.4 Å². The van der Waals surface area contributed by atoms with Crippen LogP contribution >= 0.6 is 0 Å². The van der Waals surface area contributed by atoms with Gasteiger partial charge in [-0.25, -0.2) is 4.90 Å². The van der Waals surface area contributed by atoms with Crippen LogP contribution in [0.15, 0.2) is 48.5 Å². The number of nitrogens with zero attached hydrogens (tertiary/aromatic N) is 1. The zero-order chi connectivity index (χ0) is 19.8. The van der Waals surface area contributed by atoms with Crippen molar-refractivity contribution in [1.82, 2.24) is 0 Å². The van der Waals surface area contributed by atoms with E-state index in [9.17, 15) is 14.4 Å². The molecule has 1 N–H and O–H groups in total. The molecule has 1 saturated carbocycles. The fraction of sp³-hybridized carbons (Fsp3) is 0.348. The molecule has 5 nitrogen and oxygen atoms in total. The van der Waals surface area contributed by atoms with E-state index in [0.717, 1.165) is 24.8 Å². The largest absolute Gasteiger partial charge is 0.322 e. The predicted molar refractivity (Wildman–Crippen MR) is 108 cm³/mol. The van der Waals surface area contributed by atoms with Gasteiger partial charge in [0.25, 0.3) is 5.91 Å². The lowest BCUT2D eigenvalue weighted by atomic mass is 9.76. The molecule has 4 rings (SSSR count). The second-order valence-corrected chi connectivity index (χ2v) is 8.01. The molecule has 1 aliphatic carbocycles. The van der Waals surface area contributed by atoms with Gasteiger partial charge in [0.1, 0.15) is 0 Å². The highest BCUT2D eigenvalue weighted by molar-refractivity contribution is 6.22. The number of amides is 3. The summed E-state index contributed by atoms with van der Waals surface area (Å²) in [7, 11) is 0. The van der Waals surface area contributed by atoms with Crippen molar-refractivity contribution < 1.29 is 14.4 Å². The van der Waals surface area contributed by atoms with Crippen molar-refractivity contribution in [2.75, 3.05) is 10.2 Å². The molecule has 0 unspecified atom stereocenters. The molecule has 0 aromatic heterocycles. The van der Waals surface area contributed by atoms with Gasteiger partial charge in [0.2, 0.25) is 11.8 Å². The van der Waals surface area contributed by atoms with Gasteiger partial charge in [0.15, 0.2) is 0 Å². The first kappa shape index (κ1) is 18.4. The van der Waals surface area contributed by atoms with Crippen LogP contribution in [0, 0.1) is 24.7 Å². The van der Waals surface area contributed by atoms with E-state index >= 15 is 0 Å². The van der Waals surface area contributed by atoms with Crippen molar-refractivity contribution in [2.24, 2.45) is 17.8 Å². The Bertz CT molecular complexity index is 935. The van der Waals surface area contributed by atoms with Gasteiger partial charge in [0, 0.05) is 11.3 Å². The molecule has 0 bridgehead atoms. The highest BCUT2D eigenvalue weighted by Gasteiger charge is 2.49. The first-order valence-electron chi connectivity index (χ1n) is 9.80. The summed E-state index contributed by atoms with van der Waals surface area (Å²) >= 11 is 0. The first-order valence-corrected chi connectivity index (χ1v) is 9.80. The maximum atomic E-state index is 12.9. The average Bonchev–Trinajstić information content (AvgIpc) is 2.92. The number of fused-ring (bicyclic) bond motifs is 1. The molecule has 0 spiro atoms. The number of benzene rings is 2. The maximum absolute atomic E-state index is 12.9. The summed E-state index contributed by atoms with van der Waals surface area (Å²) < 4.78 is 0. The van der Waals surface area contributed by atoms with Gasteiger partial charge < -0.3 is 5.32 Å². The van der Waals surface area contributed by atoms with Crippen molar-refractivity contribution >= 4 is 29.1 Å². The number of carbonyl (C=O) groups is 3. The van der Waals surface area contributed by atoms with Gasteiger partial charge in [-0.3, -0.25) is 14.4 Å². The normalized spacial score (nSPS) is 24.2.